The SMILES string of the molecule is CCN(C(=O)Nc1cccc(OC(C)=O)c1)c1ccccc1. The van der Waals surface area contributed by atoms with E-state index in [9.17, 15) is 9.59 Å². The number of urea groups is 1. The summed E-state index contributed by atoms with van der Waals surface area (Å²) in [5.41, 5.74) is 1.39. The van der Waals surface area contributed by atoms with Gasteiger partial charge in [0.1, 0.15) is 5.75 Å². The van der Waals surface area contributed by atoms with Crippen LogP contribution in [0.3, 0.4) is 0 Å². The van der Waals surface area contributed by atoms with E-state index in [4.69, 9.17) is 4.74 Å². The standard InChI is InChI=1S/C17H18N2O3/c1-3-19(15-9-5-4-6-10-15)17(21)18-14-8-7-11-16(12-14)22-13(2)20/h4-12H,3H2,1-2H3,(H,18,21). The van der Waals surface area contributed by atoms with Crippen LogP contribution in [0.1, 0.15) is 13.8 Å². The van der Waals surface area contributed by atoms with Gasteiger partial charge in [-0.05, 0) is 31.2 Å². The molecule has 0 unspecified atom stereocenters. The highest BCUT2D eigenvalue weighted by Crippen LogP contribution is 2.19. The van der Waals surface area contributed by atoms with Crippen molar-refractivity contribution in [3.63, 3.8) is 0 Å². The van der Waals surface area contributed by atoms with Crippen LogP contribution in [0, 0.1) is 0 Å². The second-order valence-electron chi connectivity index (χ2n) is 4.63. The van der Waals surface area contributed by atoms with Crippen molar-refractivity contribution in [3.05, 3.63) is 54.6 Å². The van der Waals surface area contributed by atoms with Crippen molar-refractivity contribution in [2.24, 2.45) is 0 Å². The van der Waals surface area contributed by atoms with Crippen LogP contribution in [-0.2, 0) is 4.79 Å². The number of hydrogen-bond donors (Lipinski definition) is 1. The fraction of sp³-hybridized carbons (Fsp3) is 0.176. The van der Waals surface area contributed by atoms with Gasteiger partial charge in [0, 0.05) is 30.9 Å². The normalized spacial score (nSPS) is 9.91. The van der Waals surface area contributed by atoms with Gasteiger partial charge in [0.25, 0.3) is 0 Å². The predicted octanol–water partition coefficient (Wildman–Crippen LogP) is 3.67. The summed E-state index contributed by atoms with van der Waals surface area (Å²) in [6.45, 7) is 3.78. The van der Waals surface area contributed by atoms with Crippen LogP contribution in [0.2, 0.25) is 0 Å². The number of nitrogens with zero attached hydrogens (tertiary/aromatic N) is 1. The lowest BCUT2D eigenvalue weighted by Gasteiger charge is -2.21. The van der Waals surface area contributed by atoms with E-state index in [2.05, 4.69) is 5.32 Å². The first-order valence-electron chi connectivity index (χ1n) is 7.02. The number of esters is 1. The van der Waals surface area contributed by atoms with Crippen LogP contribution in [0.15, 0.2) is 54.6 Å². The molecule has 0 aromatic heterocycles. The van der Waals surface area contributed by atoms with Crippen molar-refractivity contribution in [1.82, 2.24) is 0 Å². The van der Waals surface area contributed by atoms with Crippen LogP contribution in [-0.4, -0.2) is 18.5 Å². The lowest BCUT2D eigenvalue weighted by atomic mass is 10.3. The minimum atomic E-state index is -0.400. The molecule has 0 saturated heterocycles. The summed E-state index contributed by atoms with van der Waals surface area (Å²) in [7, 11) is 0. The first-order chi connectivity index (χ1) is 10.6. The summed E-state index contributed by atoms with van der Waals surface area (Å²) < 4.78 is 5.00. The van der Waals surface area contributed by atoms with Crippen LogP contribution >= 0.6 is 0 Å². The van der Waals surface area contributed by atoms with E-state index in [1.165, 1.54) is 6.92 Å². The molecule has 2 aromatic carbocycles. The Morgan fingerprint density at radius 1 is 1.09 bits per heavy atom. The molecule has 2 aromatic rings. The number of hydrogen-bond acceptors (Lipinski definition) is 3. The van der Waals surface area contributed by atoms with Gasteiger partial charge in [0.05, 0.1) is 0 Å². The minimum Gasteiger partial charge on any atom is -0.427 e. The lowest BCUT2D eigenvalue weighted by molar-refractivity contribution is -0.131. The van der Waals surface area contributed by atoms with Crippen molar-refractivity contribution in [1.29, 1.82) is 0 Å². The molecule has 2 amide bonds. The molecule has 0 radical (unpaired) electrons. The Labute approximate surface area is 129 Å². The maximum atomic E-state index is 12.4. The van der Waals surface area contributed by atoms with Crippen molar-refractivity contribution < 1.29 is 14.3 Å². The largest absolute Gasteiger partial charge is 0.427 e. The van der Waals surface area contributed by atoms with E-state index >= 15 is 0 Å². The van der Waals surface area contributed by atoms with Gasteiger partial charge >= 0.3 is 12.0 Å². The molecule has 0 spiro atoms. The maximum Gasteiger partial charge on any atom is 0.326 e. The number of para-hydroxylation sites is 1. The molecule has 0 bridgehead atoms. The molecule has 5 heteroatoms. The van der Waals surface area contributed by atoms with Gasteiger partial charge < -0.3 is 10.1 Å². The van der Waals surface area contributed by atoms with Gasteiger partial charge in [-0.25, -0.2) is 4.79 Å². The molecule has 1 N–H and O–H groups in total. The third-order valence-corrected chi connectivity index (χ3v) is 2.98. The van der Waals surface area contributed by atoms with Gasteiger partial charge in [-0.1, -0.05) is 24.3 Å². The number of rotatable bonds is 4. The second kappa shape index (κ2) is 7.26. The number of benzene rings is 2. The molecule has 0 heterocycles. The molecular formula is C17H18N2O3. The predicted molar refractivity (Wildman–Crippen MR) is 86.2 cm³/mol. The van der Waals surface area contributed by atoms with Crippen LogP contribution in [0.5, 0.6) is 5.75 Å². The lowest BCUT2D eigenvalue weighted by Crippen LogP contribution is -2.34. The first kappa shape index (κ1) is 15.6. The molecule has 5 nitrogen and oxygen atoms in total. The zero-order valence-electron chi connectivity index (χ0n) is 12.6. The molecule has 0 aliphatic heterocycles. The van der Waals surface area contributed by atoms with Crippen LogP contribution < -0.4 is 15.0 Å². The van der Waals surface area contributed by atoms with Crippen molar-refractivity contribution in [2.75, 3.05) is 16.8 Å². The van der Waals surface area contributed by atoms with Crippen LogP contribution in [0.25, 0.3) is 0 Å². The first-order valence-corrected chi connectivity index (χ1v) is 7.02. The number of anilines is 2. The Kier molecular flexibility index (Phi) is 5.14. The van der Waals surface area contributed by atoms with E-state index in [-0.39, 0.29) is 6.03 Å². The molecular weight excluding hydrogens is 280 g/mol. The molecule has 0 atom stereocenters. The molecule has 2 rings (SSSR count). The molecule has 0 saturated carbocycles. The number of carbonyl (C=O) groups excluding carboxylic acids is 2. The van der Waals surface area contributed by atoms with Gasteiger partial charge in [-0.2, -0.15) is 0 Å². The summed E-state index contributed by atoms with van der Waals surface area (Å²) in [6.07, 6.45) is 0. The van der Waals surface area contributed by atoms with E-state index in [0.717, 1.165) is 5.69 Å². The minimum absolute atomic E-state index is 0.242. The second-order valence-corrected chi connectivity index (χ2v) is 4.63. The summed E-state index contributed by atoms with van der Waals surface area (Å²) in [5.74, 6) is -0.00370. The Bertz CT molecular complexity index is 656. The van der Waals surface area contributed by atoms with Gasteiger partial charge in [0.15, 0.2) is 0 Å². The zero-order valence-corrected chi connectivity index (χ0v) is 12.6. The quantitative estimate of drug-likeness (QED) is 0.692. The van der Waals surface area contributed by atoms with Crippen molar-refractivity contribution in [3.8, 4) is 5.75 Å². The highest BCUT2D eigenvalue weighted by atomic mass is 16.5. The Morgan fingerprint density at radius 3 is 2.45 bits per heavy atom. The van der Waals surface area contributed by atoms with Crippen molar-refractivity contribution >= 4 is 23.4 Å². The highest BCUT2D eigenvalue weighted by Gasteiger charge is 2.13. The summed E-state index contributed by atoms with van der Waals surface area (Å²) in [5, 5.41) is 2.80. The molecule has 0 aliphatic rings. The average Bonchev–Trinajstić information content (AvgIpc) is 2.48. The molecule has 0 aliphatic carbocycles. The van der Waals surface area contributed by atoms with Gasteiger partial charge in [-0.3, -0.25) is 9.69 Å². The Balaban J connectivity index is 2.12. The molecule has 0 fully saturated rings. The monoisotopic (exact) mass is 298 g/mol. The van der Waals surface area contributed by atoms with E-state index in [1.54, 1.807) is 29.2 Å². The number of nitrogens with one attached hydrogen (secondary N) is 1. The van der Waals surface area contributed by atoms with Crippen molar-refractivity contribution in [2.45, 2.75) is 13.8 Å². The zero-order chi connectivity index (χ0) is 15.9. The van der Waals surface area contributed by atoms with Crippen LogP contribution in [0.4, 0.5) is 16.2 Å². The Morgan fingerprint density at radius 2 is 1.82 bits per heavy atom. The Hall–Kier alpha value is -2.82. The maximum absolute atomic E-state index is 12.4. The summed E-state index contributed by atoms with van der Waals surface area (Å²) in [4.78, 5) is 25.0. The smallest absolute Gasteiger partial charge is 0.326 e. The third kappa shape index (κ3) is 4.09. The topological polar surface area (TPSA) is 58.6 Å². The number of ether oxygens (including phenoxy) is 1. The van der Waals surface area contributed by atoms with Gasteiger partial charge in [0.2, 0.25) is 0 Å². The third-order valence-electron chi connectivity index (χ3n) is 2.98. The number of amides is 2. The van der Waals surface area contributed by atoms with E-state index in [0.29, 0.717) is 18.0 Å². The van der Waals surface area contributed by atoms with E-state index in [1.807, 2.05) is 37.3 Å². The molecule has 114 valence electrons. The van der Waals surface area contributed by atoms with E-state index < -0.39 is 5.97 Å². The fourth-order valence-electron chi connectivity index (χ4n) is 2.05. The number of carbonyl (C=O) groups is 2. The van der Waals surface area contributed by atoms with Gasteiger partial charge in [-0.15, -0.1) is 0 Å². The summed E-state index contributed by atoms with van der Waals surface area (Å²) in [6, 6.07) is 15.9. The summed E-state index contributed by atoms with van der Waals surface area (Å²) >= 11 is 0. The fourth-order valence-corrected chi connectivity index (χ4v) is 2.05. The average molecular weight is 298 g/mol. The highest BCUT2D eigenvalue weighted by molar-refractivity contribution is 6.01. The molecule has 22 heavy (non-hydrogen) atoms.